The molecule has 45 heavy (non-hydrogen) atoms. The monoisotopic (exact) mass is 667 g/mol. The summed E-state index contributed by atoms with van der Waals surface area (Å²) in [7, 11) is 0. The van der Waals surface area contributed by atoms with Gasteiger partial charge in [0, 0.05) is 0 Å². The van der Waals surface area contributed by atoms with Gasteiger partial charge in [0.2, 0.25) is 0 Å². The average molecular weight is 669 g/mol. The summed E-state index contributed by atoms with van der Waals surface area (Å²) in [5, 5.41) is 2.75. The SMILES string of the molecule is CCCC1=C(CCC)C(CC)(CCC)C(C2=CC=CC2)=C2[C-]=c3cc(CC)ccc3=C21.[Zr]=[C](c1ccccc1)c1ccccc1. The van der Waals surface area contributed by atoms with Gasteiger partial charge in [0.05, 0.1) is 0 Å². The molecule has 3 aliphatic carbocycles. The van der Waals surface area contributed by atoms with Crippen LogP contribution in [0.25, 0.3) is 11.6 Å². The molecule has 0 spiro atoms. The number of allylic oxidation sites excluding steroid dienone is 8. The third-order valence-electron chi connectivity index (χ3n) is 9.74. The number of fused-ring (bicyclic) bond motifs is 2. The van der Waals surface area contributed by atoms with Crippen LogP contribution in [-0.2, 0) is 30.7 Å². The summed E-state index contributed by atoms with van der Waals surface area (Å²) in [5.74, 6) is 0. The van der Waals surface area contributed by atoms with Gasteiger partial charge >= 0.3 is 99.2 Å². The molecule has 0 aliphatic heterocycles. The zero-order valence-electron chi connectivity index (χ0n) is 28.1. The fraction of sp³-hybridized carbons (Fsp3) is 0.341. The van der Waals surface area contributed by atoms with Crippen LogP contribution in [0.15, 0.2) is 125 Å². The van der Waals surface area contributed by atoms with Crippen LogP contribution in [0.3, 0.4) is 0 Å². The quantitative estimate of drug-likeness (QED) is 0.178. The standard InChI is InChI=1S/C31H39.C13H10.Zr/c1-6-13-26-28(14-7-2)31(10-5,19-8-3)30(23-15-11-12-16-23)27-21-24-20-22(9-4)17-18-25(24)29(26)27;1-3-7-12(8-4-1)11-13-9-5-2-6-10-13;/h11-12,15,17-18,20H,6-10,13-14,16,19H2,1-5H3;1-10H;/q-1;;. The van der Waals surface area contributed by atoms with Gasteiger partial charge in [0.25, 0.3) is 0 Å². The Kier molecular flexibility index (Phi) is 11.6. The number of hydrogen-bond donors (Lipinski definition) is 0. The van der Waals surface area contributed by atoms with Crippen LogP contribution in [0.5, 0.6) is 0 Å². The van der Waals surface area contributed by atoms with Crippen LogP contribution in [0.2, 0.25) is 0 Å². The summed E-state index contributed by atoms with van der Waals surface area (Å²) in [6.45, 7) is 11.8. The van der Waals surface area contributed by atoms with Crippen molar-refractivity contribution in [3.8, 4) is 0 Å². The van der Waals surface area contributed by atoms with E-state index in [1.165, 1.54) is 116 Å². The van der Waals surface area contributed by atoms with Crippen LogP contribution in [0.1, 0.15) is 103 Å². The minimum atomic E-state index is 0.161. The average Bonchev–Trinajstić information content (AvgIpc) is 3.75. The summed E-state index contributed by atoms with van der Waals surface area (Å²) in [6, 6.07) is 28.2. The third kappa shape index (κ3) is 6.81. The summed E-state index contributed by atoms with van der Waals surface area (Å²) in [5.41, 5.74) is 13.7. The molecule has 230 valence electrons. The Morgan fingerprint density at radius 3 is 2.00 bits per heavy atom. The zero-order valence-corrected chi connectivity index (χ0v) is 30.6. The summed E-state index contributed by atoms with van der Waals surface area (Å²) < 4.78 is 1.42. The van der Waals surface area contributed by atoms with E-state index in [2.05, 4.69) is 138 Å². The van der Waals surface area contributed by atoms with Crippen molar-refractivity contribution in [1.82, 2.24) is 0 Å². The molecule has 1 unspecified atom stereocenters. The molecule has 0 radical (unpaired) electrons. The van der Waals surface area contributed by atoms with Crippen molar-refractivity contribution < 1.29 is 24.2 Å². The molecular formula is C44H49Zr-. The van der Waals surface area contributed by atoms with Gasteiger partial charge in [0.1, 0.15) is 0 Å². The number of rotatable bonds is 11. The van der Waals surface area contributed by atoms with E-state index in [1.807, 2.05) is 0 Å². The minimum absolute atomic E-state index is 0.161. The second kappa shape index (κ2) is 15.6. The van der Waals surface area contributed by atoms with Crippen molar-refractivity contribution in [3.63, 3.8) is 0 Å². The third-order valence-corrected chi connectivity index (χ3v) is 11.2. The molecule has 3 aliphatic rings. The maximum absolute atomic E-state index is 3.98. The number of benzene rings is 3. The molecule has 0 amide bonds. The van der Waals surface area contributed by atoms with Crippen molar-refractivity contribution in [2.24, 2.45) is 5.41 Å². The zero-order chi connectivity index (χ0) is 31.8. The van der Waals surface area contributed by atoms with E-state index in [-0.39, 0.29) is 5.41 Å². The second-order valence-electron chi connectivity index (χ2n) is 12.6. The topological polar surface area (TPSA) is 0 Å². The van der Waals surface area contributed by atoms with Crippen molar-refractivity contribution in [1.29, 1.82) is 0 Å². The first-order valence-corrected chi connectivity index (χ1v) is 18.6. The molecule has 0 fully saturated rings. The van der Waals surface area contributed by atoms with E-state index in [9.17, 15) is 0 Å². The molecule has 3 aromatic carbocycles. The summed E-state index contributed by atoms with van der Waals surface area (Å²) in [4.78, 5) is 0. The van der Waals surface area contributed by atoms with E-state index < -0.39 is 0 Å². The van der Waals surface area contributed by atoms with Gasteiger partial charge in [-0.25, -0.2) is 0 Å². The Balaban J connectivity index is 0.000000238. The maximum atomic E-state index is 3.98. The summed E-state index contributed by atoms with van der Waals surface area (Å²) in [6.07, 6.45) is 21.6. The van der Waals surface area contributed by atoms with Crippen LogP contribution >= 0.6 is 0 Å². The molecule has 0 aromatic heterocycles. The molecule has 1 atom stereocenters. The number of aryl methyl sites for hydroxylation is 1. The van der Waals surface area contributed by atoms with Gasteiger partial charge in [-0.05, 0) is 43.9 Å². The molecule has 3 aromatic rings. The van der Waals surface area contributed by atoms with Gasteiger partial charge < -0.3 is 0 Å². The van der Waals surface area contributed by atoms with E-state index in [0.29, 0.717) is 0 Å². The normalized spacial score (nSPS) is 18.2. The van der Waals surface area contributed by atoms with Crippen LogP contribution in [0.4, 0.5) is 0 Å². The van der Waals surface area contributed by atoms with Crippen molar-refractivity contribution in [3.05, 3.63) is 152 Å². The van der Waals surface area contributed by atoms with E-state index in [1.54, 1.807) is 16.7 Å². The van der Waals surface area contributed by atoms with Gasteiger partial charge in [-0.1, -0.05) is 112 Å². The van der Waals surface area contributed by atoms with Crippen molar-refractivity contribution in [2.75, 3.05) is 0 Å². The molecule has 0 bridgehead atoms. The van der Waals surface area contributed by atoms with Crippen molar-refractivity contribution >= 4 is 14.9 Å². The summed E-state index contributed by atoms with van der Waals surface area (Å²) >= 11 is 1.46. The Bertz CT molecular complexity index is 1720. The Hall–Kier alpha value is -2.89. The molecule has 6 rings (SSSR count). The molecule has 1 heteroatoms. The fourth-order valence-electron chi connectivity index (χ4n) is 7.71. The predicted molar refractivity (Wildman–Crippen MR) is 191 cm³/mol. The van der Waals surface area contributed by atoms with Crippen LogP contribution in [0, 0.1) is 5.41 Å². The molecular weight excluding hydrogens is 620 g/mol. The van der Waals surface area contributed by atoms with Crippen LogP contribution < -0.4 is 10.4 Å². The van der Waals surface area contributed by atoms with Gasteiger partial charge in [-0.2, -0.15) is 0 Å². The van der Waals surface area contributed by atoms with E-state index >= 15 is 0 Å². The molecule has 0 nitrogen and oxygen atoms in total. The van der Waals surface area contributed by atoms with Crippen molar-refractivity contribution in [2.45, 2.75) is 92.4 Å². The molecule has 0 N–H and O–H groups in total. The van der Waals surface area contributed by atoms with Gasteiger partial charge in [0.15, 0.2) is 0 Å². The second-order valence-corrected chi connectivity index (χ2v) is 13.8. The van der Waals surface area contributed by atoms with Crippen LogP contribution in [-0.4, -0.2) is 3.21 Å². The molecule has 0 heterocycles. The Morgan fingerprint density at radius 1 is 0.800 bits per heavy atom. The molecule has 0 saturated carbocycles. The van der Waals surface area contributed by atoms with E-state index in [4.69, 9.17) is 0 Å². The van der Waals surface area contributed by atoms with Gasteiger partial charge in [-0.15, -0.1) is 33.7 Å². The van der Waals surface area contributed by atoms with Gasteiger partial charge in [-0.3, -0.25) is 0 Å². The first-order valence-electron chi connectivity index (χ1n) is 17.3. The number of hydrogen-bond acceptors (Lipinski definition) is 0. The first kappa shape index (κ1) is 33.5. The fourth-order valence-corrected chi connectivity index (χ4v) is 8.53. The Labute approximate surface area is 287 Å². The molecule has 0 saturated heterocycles. The first-order chi connectivity index (χ1) is 22.0. The van der Waals surface area contributed by atoms with E-state index in [0.717, 1.165) is 12.8 Å². The Morgan fingerprint density at radius 2 is 1.47 bits per heavy atom. The predicted octanol–water partition coefficient (Wildman–Crippen LogP) is 10.2.